The molecular weight excluding hydrogens is 276 g/mol. The highest BCUT2D eigenvalue weighted by molar-refractivity contribution is 9.10. The first-order valence-electron chi connectivity index (χ1n) is 6.26. The maximum absolute atomic E-state index is 5.67. The summed E-state index contributed by atoms with van der Waals surface area (Å²) in [5, 5.41) is 0. The molecule has 0 bridgehead atoms. The molecule has 96 valence electrons. The third-order valence-corrected chi connectivity index (χ3v) is 3.58. The van der Waals surface area contributed by atoms with Gasteiger partial charge < -0.3 is 0 Å². The van der Waals surface area contributed by atoms with E-state index in [4.69, 9.17) is 5.84 Å². The number of hydrogen-bond acceptors (Lipinski definition) is 2. The third-order valence-electron chi connectivity index (χ3n) is 3.08. The van der Waals surface area contributed by atoms with E-state index in [2.05, 4.69) is 60.3 Å². The normalized spacial score (nSPS) is 13.1. The number of hydrogen-bond donors (Lipinski definition) is 2. The van der Waals surface area contributed by atoms with Gasteiger partial charge in [-0.3, -0.25) is 11.3 Å². The molecule has 0 saturated heterocycles. The van der Waals surface area contributed by atoms with Crippen LogP contribution in [0.2, 0.25) is 0 Å². The fourth-order valence-corrected chi connectivity index (χ4v) is 2.56. The van der Waals surface area contributed by atoms with E-state index in [-0.39, 0.29) is 6.04 Å². The summed E-state index contributed by atoms with van der Waals surface area (Å²) in [7, 11) is 0. The number of aryl methyl sites for hydroxylation is 1. The number of nitrogens with two attached hydrogens (primary N) is 1. The van der Waals surface area contributed by atoms with Crippen LogP contribution >= 0.6 is 15.9 Å². The Morgan fingerprint density at radius 1 is 1.29 bits per heavy atom. The molecule has 1 aromatic rings. The molecule has 0 amide bonds. The second-order valence-corrected chi connectivity index (χ2v) is 5.96. The lowest BCUT2D eigenvalue weighted by atomic mass is 9.95. The number of rotatable bonds is 6. The third kappa shape index (κ3) is 4.78. The quantitative estimate of drug-likeness (QED) is 0.613. The van der Waals surface area contributed by atoms with Crippen molar-refractivity contribution in [2.24, 2.45) is 11.8 Å². The van der Waals surface area contributed by atoms with E-state index in [0.29, 0.717) is 0 Å². The fourth-order valence-electron chi connectivity index (χ4n) is 2.09. The number of nitrogens with one attached hydrogen (secondary N) is 1. The zero-order valence-corrected chi connectivity index (χ0v) is 12.5. The highest BCUT2D eigenvalue weighted by Crippen LogP contribution is 2.25. The van der Waals surface area contributed by atoms with Gasteiger partial charge in [0.1, 0.15) is 0 Å². The van der Waals surface area contributed by atoms with Crippen molar-refractivity contribution in [3.63, 3.8) is 0 Å². The topological polar surface area (TPSA) is 38.0 Å². The summed E-state index contributed by atoms with van der Waals surface area (Å²) in [5.41, 5.74) is 5.53. The van der Waals surface area contributed by atoms with Crippen molar-refractivity contribution in [3.8, 4) is 0 Å². The molecule has 0 aliphatic rings. The minimum absolute atomic E-state index is 0.266. The molecule has 1 aromatic carbocycles. The van der Waals surface area contributed by atoms with Gasteiger partial charge in [0.25, 0.3) is 0 Å². The average Bonchev–Trinajstić information content (AvgIpc) is 2.25. The van der Waals surface area contributed by atoms with Crippen molar-refractivity contribution < 1.29 is 0 Å². The van der Waals surface area contributed by atoms with E-state index in [1.165, 1.54) is 24.0 Å². The first-order valence-corrected chi connectivity index (χ1v) is 7.06. The summed E-state index contributed by atoms with van der Waals surface area (Å²) < 4.78 is 1.12. The lowest BCUT2D eigenvalue weighted by Crippen LogP contribution is -2.28. The first-order chi connectivity index (χ1) is 8.04. The minimum atomic E-state index is 0.266. The average molecular weight is 299 g/mol. The minimum Gasteiger partial charge on any atom is -0.271 e. The largest absolute Gasteiger partial charge is 0.271 e. The van der Waals surface area contributed by atoms with Crippen LogP contribution in [0.25, 0.3) is 0 Å². The summed E-state index contributed by atoms with van der Waals surface area (Å²) in [6, 6.07) is 6.64. The fraction of sp³-hybridized carbons (Fsp3) is 0.571. The molecule has 3 N–H and O–H groups in total. The Balaban J connectivity index is 2.66. The molecule has 1 atom stereocenters. The smallest absolute Gasteiger partial charge is 0.0462 e. The van der Waals surface area contributed by atoms with Crippen molar-refractivity contribution in [3.05, 3.63) is 33.8 Å². The van der Waals surface area contributed by atoms with Crippen molar-refractivity contribution in [2.45, 2.75) is 46.1 Å². The molecule has 0 aliphatic heterocycles. The molecule has 0 aromatic heterocycles. The molecule has 1 rings (SSSR count). The zero-order valence-electron chi connectivity index (χ0n) is 11.0. The molecule has 0 spiro atoms. The van der Waals surface area contributed by atoms with Gasteiger partial charge in [-0.2, -0.15) is 0 Å². The summed E-state index contributed by atoms with van der Waals surface area (Å²) in [6.45, 7) is 6.65. The van der Waals surface area contributed by atoms with Crippen LogP contribution in [-0.4, -0.2) is 0 Å². The van der Waals surface area contributed by atoms with Crippen molar-refractivity contribution in [1.82, 2.24) is 5.43 Å². The zero-order chi connectivity index (χ0) is 12.8. The molecule has 0 fully saturated rings. The van der Waals surface area contributed by atoms with Crippen molar-refractivity contribution in [2.75, 3.05) is 0 Å². The van der Waals surface area contributed by atoms with Gasteiger partial charge in [-0.05, 0) is 42.5 Å². The lowest BCUT2D eigenvalue weighted by molar-refractivity contribution is 0.454. The maximum atomic E-state index is 5.67. The number of halogens is 1. The number of hydrazine groups is 1. The van der Waals surface area contributed by atoms with Gasteiger partial charge in [-0.15, -0.1) is 0 Å². The predicted molar refractivity (Wildman–Crippen MR) is 77.6 cm³/mol. The van der Waals surface area contributed by atoms with Gasteiger partial charge >= 0.3 is 0 Å². The van der Waals surface area contributed by atoms with Gasteiger partial charge in [-0.1, -0.05) is 48.7 Å². The summed E-state index contributed by atoms with van der Waals surface area (Å²) in [5.74, 6) is 6.43. The van der Waals surface area contributed by atoms with Gasteiger partial charge in [0, 0.05) is 10.5 Å². The Hall–Kier alpha value is -0.380. The molecule has 3 heteroatoms. The van der Waals surface area contributed by atoms with Crippen LogP contribution in [0.5, 0.6) is 0 Å². The Morgan fingerprint density at radius 2 is 2.00 bits per heavy atom. The second kappa shape index (κ2) is 7.14. The molecule has 0 saturated carbocycles. The standard InChI is InChI=1S/C14H23BrN2/c1-10(2)5-4-6-14(17-16)13-8-7-12(15)9-11(13)3/h7-10,14,17H,4-6,16H2,1-3H3. The Morgan fingerprint density at radius 3 is 2.53 bits per heavy atom. The van der Waals surface area contributed by atoms with E-state index in [9.17, 15) is 0 Å². The van der Waals surface area contributed by atoms with Gasteiger partial charge in [-0.25, -0.2) is 0 Å². The van der Waals surface area contributed by atoms with Gasteiger partial charge in [0.05, 0.1) is 0 Å². The maximum Gasteiger partial charge on any atom is 0.0462 e. The van der Waals surface area contributed by atoms with E-state index in [1.54, 1.807) is 0 Å². The van der Waals surface area contributed by atoms with Gasteiger partial charge in [0.15, 0.2) is 0 Å². The first kappa shape index (κ1) is 14.7. The summed E-state index contributed by atoms with van der Waals surface area (Å²) in [4.78, 5) is 0. The molecule has 1 unspecified atom stereocenters. The Kier molecular flexibility index (Phi) is 6.17. The monoisotopic (exact) mass is 298 g/mol. The van der Waals surface area contributed by atoms with E-state index in [1.807, 2.05) is 0 Å². The summed E-state index contributed by atoms with van der Waals surface area (Å²) in [6.07, 6.45) is 3.56. The van der Waals surface area contributed by atoms with Crippen LogP contribution < -0.4 is 11.3 Å². The number of benzene rings is 1. The van der Waals surface area contributed by atoms with Gasteiger partial charge in [0.2, 0.25) is 0 Å². The van der Waals surface area contributed by atoms with Crippen LogP contribution in [0.1, 0.15) is 50.3 Å². The SMILES string of the molecule is Cc1cc(Br)ccc1C(CCCC(C)C)NN. The molecule has 2 nitrogen and oxygen atoms in total. The second-order valence-electron chi connectivity index (χ2n) is 5.04. The van der Waals surface area contributed by atoms with E-state index >= 15 is 0 Å². The van der Waals surface area contributed by atoms with E-state index in [0.717, 1.165) is 16.8 Å². The van der Waals surface area contributed by atoms with Crippen molar-refractivity contribution >= 4 is 15.9 Å². The molecule has 17 heavy (non-hydrogen) atoms. The molecular formula is C14H23BrN2. The van der Waals surface area contributed by atoms with E-state index < -0.39 is 0 Å². The molecule has 0 heterocycles. The van der Waals surface area contributed by atoms with Crippen LogP contribution in [0, 0.1) is 12.8 Å². The highest BCUT2D eigenvalue weighted by Gasteiger charge is 2.12. The van der Waals surface area contributed by atoms with Crippen LogP contribution in [0.15, 0.2) is 22.7 Å². The van der Waals surface area contributed by atoms with Crippen LogP contribution in [-0.2, 0) is 0 Å². The van der Waals surface area contributed by atoms with Crippen LogP contribution in [0.3, 0.4) is 0 Å². The predicted octanol–water partition coefficient (Wildman–Crippen LogP) is 4.09. The Bertz CT molecular complexity index is 350. The van der Waals surface area contributed by atoms with Crippen molar-refractivity contribution in [1.29, 1.82) is 0 Å². The molecule has 0 aliphatic carbocycles. The lowest BCUT2D eigenvalue weighted by Gasteiger charge is -2.19. The molecule has 0 radical (unpaired) electrons. The Labute approximate surface area is 113 Å². The highest BCUT2D eigenvalue weighted by atomic mass is 79.9. The van der Waals surface area contributed by atoms with Crippen LogP contribution in [0.4, 0.5) is 0 Å². The summed E-state index contributed by atoms with van der Waals surface area (Å²) >= 11 is 3.49.